The van der Waals surface area contributed by atoms with Gasteiger partial charge in [0.15, 0.2) is 0 Å². The van der Waals surface area contributed by atoms with Crippen molar-refractivity contribution in [2.24, 2.45) is 0 Å². The lowest BCUT2D eigenvalue weighted by atomic mass is 9.98. The second-order valence-corrected chi connectivity index (χ2v) is 4.61. The predicted molar refractivity (Wildman–Crippen MR) is 71.0 cm³/mol. The zero-order chi connectivity index (χ0) is 13.6. The number of benzene rings is 1. The van der Waals surface area contributed by atoms with Crippen molar-refractivity contribution in [2.45, 2.75) is 41.2 Å². The minimum atomic E-state index is -0.292. The summed E-state index contributed by atoms with van der Waals surface area (Å²) in [4.78, 5) is 10.9. The van der Waals surface area contributed by atoms with Crippen molar-refractivity contribution in [1.82, 2.24) is 9.78 Å². The van der Waals surface area contributed by atoms with E-state index in [0.717, 1.165) is 39.8 Å². The van der Waals surface area contributed by atoms with Gasteiger partial charge in [-0.05, 0) is 40.2 Å². The van der Waals surface area contributed by atoms with E-state index in [1.54, 1.807) is 0 Å². The Bertz CT molecular complexity index is 656. The Morgan fingerprint density at radius 3 is 2.28 bits per heavy atom. The molecule has 0 N–H and O–H groups in total. The first-order valence-corrected chi connectivity index (χ1v) is 6.01. The third-order valence-corrected chi connectivity index (χ3v) is 3.61. The number of aromatic nitrogens is 2. The molecule has 0 aliphatic carbocycles. The summed E-state index contributed by atoms with van der Waals surface area (Å²) in [5, 5.41) is 16.6. The van der Waals surface area contributed by atoms with Crippen molar-refractivity contribution in [3.63, 3.8) is 0 Å². The van der Waals surface area contributed by atoms with Gasteiger partial charge in [0, 0.05) is 23.1 Å². The van der Waals surface area contributed by atoms with E-state index in [1.165, 1.54) is 0 Å². The summed E-state index contributed by atoms with van der Waals surface area (Å²) in [5.74, 6) is 0. The number of hydrogen-bond donors (Lipinski definition) is 0. The van der Waals surface area contributed by atoms with Crippen LogP contribution in [0.2, 0.25) is 0 Å². The van der Waals surface area contributed by atoms with Crippen LogP contribution in [0.4, 0.5) is 5.69 Å². The Hall–Kier alpha value is -1.91. The molecular weight excluding hydrogens is 230 g/mol. The maximum absolute atomic E-state index is 11.2. The van der Waals surface area contributed by atoms with E-state index in [1.807, 2.05) is 39.3 Å². The topological polar surface area (TPSA) is 61.0 Å². The molecule has 0 aliphatic heterocycles. The number of nitrogens with zero attached hydrogens (tertiary/aromatic N) is 3. The van der Waals surface area contributed by atoms with Gasteiger partial charge >= 0.3 is 0 Å². The second kappa shape index (κ2) is 4.08. The number of hydrogen-bond acceptors (Lipinski definition) is 3. The fourth-order valence-electron chi connectivity index (χ4n) is 2.67. The summed E-state index contributed by atoms with van der Waals surface area (Å²) in [6.07, 6.45) is 0. The molecule has 0 fully saturated rings. The Kier molecular flexibility index (Phi) is 2.84. The number of rotatable bonds is 2. The molecule has 1 heterocycles. The van der Waals surface area contributed by atoms with Crippen molar-refractivity contribution < 1.29 is 4.92 Å². The molecule has 0 bridgehead atoms. The minimum Gasteiger partial charge on any atom is -0.265 e. The molecule has 5 heteroatoms. The molecule has 0 atom stereocenters. The normalized spacial score (nSPS) is 11.2. The number of aryl methyl sites for hydroxylation is 4. The zero-order valence-corrected chi connectivity index (χ0v) is 11.4. The smallest absolute Gasteiger partial charge is 0.265 e. The average Bonchev–Trinajstić information content (AvgIpc) is 2.63. The Balaban J connectivity index is 3.04. The van der Waals surface area contributed by atoms with Gasteiger partial charge in [-0.25, -0.2) is 0 Å². The van der Waals surface area contributed by atoms with E-state index in [9.17, 15) is 10.1 Å². The summed E-state index contributed by atoms with van der Waals surface area (Å²) in [7, 11) is 0. The molecule has 18 heavy (non-hydrogen) atoms. The van der Waals surface area contributed by atoms with Gasteiger partial charge in [-0.1, -0.05) is 0 Å². The first kappa shape index (κ1) is 12.5. The minimum absolute atomic E-state index is 0.221. The van der Waals surface area contributed by atoms with Gasteiger partial charge in [0.05, 0.1) is 16.1 Å². The van der Waals surface area contributed by atoms with Gasteiger partial charge in [-0.2, -0.15) is 5.10 Å². The van der Waals surface area contributed by atoms with E-state index in [0.29, 0.717) is 0 Å². The summed E-state index contributed by atoms with van der Waals surface area (Å²) in [6, 6.07) is 0. The predicted octanol–water partition coefficient (Wildman–Crippen LogP) is 3.20. The lowest BCUT2D eigenvalue weighted by Gasteiger charge is -2.09. The molecule has 2 rings (SSSR count). The highest BCUT2D eigenvalue weighted by molar-refractivity contribution is 5.92. The van der Waals surface area contributed by atoms with Gasteiger partial charge in [0.1, 0.15) is 0 Å². The number of fused-ring (bicyclic) bond motifs is 1. The summed E-state index contributed by atoms with van der Waals surface area (Å²) < 4.78 is 1.92. The monoisotopic (exact) mass is 247 g/mol. The fourth-order valence-corrected chi connectivity index (χ4v) is 2.67. The maximum atomic E-state index is 11.2. The molecule has 5 nitrogen and oxygen atoms in total. The Morgan fingerprint density at radius 2 is 1.78 bits per heavy atom. The molecule has 0 saturated heterocycles. The van der Waals surface area contributed by atoms with Gasteiger partial charge in [-0.3, -0.25) is 14.8 Å². The van der Waals surface area contributed by atoms with Crippen LogP contribution in [0.25, 0.3) is 10.9 Å². The standard InChI is InChI=1S/C13H17N3O2/c1-6-15-13-8(3)7(2)12(16(17)18)9(4)11(13)10(5)14-15/h6H2,1-5H3. The van der Waals surface area contributed by atoms with E-state index in [4.69, 9.17) is 0 Å². The molecule has 0 amide bonds. The lowest BCUT2D eigenvalue weighted by molar-refractivity contribution is -0.385. The Morgan fingerprint density at radius 1 is 1.17 bits per heavy atom. The van der Waals surface area contributed by atoms with E-state index in [2.05, 4.69) is 5.10 Å². The highest BCUT2D eigenvalue weighted by atomic mass is 16.6. The third-order valence-electron chi connectivity index (χ3n) is 3.61. The van der Waals surface area contributed by atoms with E-state index < -0.39 is 0 Å². The summed E-state index contributed by atoms with van der Waals surface area (Å²) in [5.41, 5.74) is 4.50. The van der Waals surface area contributed by atoms with Gasteiger partial charge in [0.25, 0.3) is 5.69 Å². The quantitative estimate of drug-likeness (QED) is 0.604. The zero-order valence-electron chi connectivity index (χ0n) is 11.4. The van der Waals surface area contributed by atoms with Crippen LogP contribution in [0.5, 0.6) is 0 Å². The fraction of sp³-hybridized carbons (Fsp3) is 0.462. The summed E-state index contributed by atoms with van der Waals surface area (Å²) >= 11 is 0. The van der Waals surface area contributed by atoms with E-state index in [-0.39, 0.29) is 10.6 Å². The SMILES string of the molecule is CCn1nc(C)c2c(C)c([N+](=O)[O-])c(C)c(C)c21. The molecule has 96 valence electrons. The molecule has 0 aliphatic rings. The van der Waals surface area contributed by atoms with Crippen molar-refractivity contribution >= 4 is 16.6 Å². The van der Waals surface area contributed by atoms with Crippen LogP contribution >= 0.6 is 0 Å². The lowest BCUT2D eigenvalue weighted by Crippen LogP contribution is -2.02. The largest absolute Gasteiger partial charge is 0.276 e. The number of nitro benzene ring substituents is 1. The molecule has 2 aromatic rings. The maximum Gasteiger partial charge on any atom is 0.276 e. The first-order chi connectivity index (χ1) is 8.40. The average molecular weight is 247 g/mol. The first-order valence-electron chi connectivity index (χ1n) is 6.01. The molecule has 0 spiro atoms. The van der Waals surface area contributed by atoms with E-state index >= 15 is 0 Å². The molecule has 0 saturated carbocycles. The van der Waals surface area contributed by atoms with Crippen molar-refractivity contribution in [2.75, 3.05) is 0 Å². The molecule has 1 aromatic heterocycles. The van der Waals surface area contributed by atoms with Crippen LogP contribution in [0.15, 0.2) is 0 Å². The number of nitro groups is 1. The second-order valence-electron chi connectivity index (χ2n) is 4.61. The highest BCUT2D eigenvalue weighted by Crippen LogP contribution is 2.35. The van der Waals surface area contributed by atoms with Crippen LogP contribution in [0.3, 0.4) is 0 Å². The van der Waals surface area contributed by atoms with Crippen LogP contribution in [0, 0.1) is 37.8 Å². The Labute approximate surface area is 106 Å². The van der Waals surface area contributed by atoms with Gasteiger partial charge < -0.3 is 0 Å². The third kappa shape index (κ3) is 1.50. The van der Waals surface area contributed by atoms with Gasteiger partial charge in [0.2, 0.25) is 0 Å². The molecule has 0 unspecified atom stereocenters. The molecular formula is C13H17N3O2. The van der Waals surface area contributed by atoms with Crippen LogP contribution in [-0.2, 0) is 6.54 Å². The van der Waals surface area contributed by atoms with Gasteiger partial charge in [-0.15, -0.1) is 0 Å². The molecule has 1 aromatic carbocycles. The summed E-state index contributed by atoms with van der Waals surface area (Å²) in [6.45, 7) is 10.2. The highest BCUT2D eigenvalue weighted by Gasteiger charge is 2.24. The van der Waals surface area contributed by atoms with Crippen LogP contribution in [-0.4, -0.2) is 14.7 Å². The van der Waals surface area contributed by atoms with Crippen molar-refractivity contribution in [1.29, 1.82) is 0 Å². The van der Waals surface area contributed by atoms with Crippen LogP contribution < -0.4 is 0 Å². The van der Waals surface area contributed by atoms with Crippen molar-refractivity contribution in [3.8, 4) is 0 Å². The van der Waals surface area contributed by atoms with Crippen LogP contribution in [0.1, 0.15) is 29.3 Å². The van der Waals surface area contributed by atoms with Crippen molar-refractivity contribution in [3.05, 3.63) is 32.5 Å². The molecule has 0 radical (unpaired) electrons.